The minimum absolute atomic E-state index is 0.0743. The van der Waals surface area contributed by atoms with E-state index in [0.717, 1.165) is 10.5 Å². The summed E-state index contributed by atoms with van der Waals surface area (Å²) in [7, 11) is 1.44. The van der Waals surface area contributed by atoms with Crippen molar-refractivity contribution in [2.24, 2.45) is 0 Å². The Labute approximate surface area is 127 Å². The highest BCUT2D eigenvalue weighted by Crippen LogP contribution is 2.23. The van der Waals surface area contributed by atoms with E-state index in [4.69, 9.17) is 0 Å². The summed E-state index contributed by atoms with van der Waals surface area (Å²) in [4.78, 5) is 47.9. The average molecular weight is 303 g/mol. The summed E-state index contributed by atoms with van der Waals surface area (Å²) in [6.07, 6.45) is -0.280. The highest BCUT2D eigenvalue weighted by molar-refractivity contribution is 6.21. The normalized spacial score (nSPS) is 13.1. The molecule has 1 heterocycles. The van der Waals surface area contributed by atoms with Gasteiger partial charge in [0.15, 0.2) is 0 Å². The average Bonchev–Trinajstić information content (AvgIpc) is 2.71. The first kappa shape index (κ1) is 15.7. The van der Waals surface area contributed by atoms with Crippen molar-refractivity contribution < 1.29 is 19.2 Å². The van der Waals surface area contributed by atoms with Gasteiger partial charge in [0, 0.05) is 20.1 Å². The maximum absolute atomic E-state index is 12.2. The van der Waals surface area contributed by atoms with E-state index < -0.39 is 11.8 Å². The van der Waals surface area contributed by atoms with Gasteiger partial charge in [-0.25, -0.2) is 0 Å². The van der Waals surface area contributed by atoms with Crippen LogP contribution in [0.25, 0.3) is 0 Å². The second kappa shape index (κ2) is 6.38. The van der Waals surface area contributed by atoms with Gasteiger partial charge in [-0.2, -0.15) is 0 Å². The fraction of sp³-hybridized carbons (Fsp3) is 0.333. The van der Waals surface area contributed by atoms with E-state index in [1.807, 2.05) is 6.92 Å². The van der Waals surface area contributed by atoms with Crippen molar-refractivity contribution in [3.05, 3.63) is 34.9 Å². The fourth-order valence-corrected chi connectivity index (χ4v) is 2.21. The zero-order chi connectivity index (χ0) is 16.3. The van der Waals surface area contributed by atoms with Crippen molar-refractivity contribution in [1.29, 1.82) is 0 Å². The van der Waals surface area contributed by atoms with Crippen LogP contribution in [0.2, 0.25) is 0 Å². The highest BCUT2D eigenvalue weighted by Gasteiger charge is 2.34. The summed E-state index contributed by atoms with van der Waals surface area (Å²) >= 11 is 0. The third-order valence-electron chi connectivity index (χ3n) is 3.38. The second-order valence-corrected chi connectivity index (χ2v) is 5.01. The SMILES string of the molecule is CNC(=O)CC(=O)NCCN1C(=O)c2ccc(C)cc2C1=O. The maximum Gasteiger partial charge on any atom is 0.261 e. The topological polar surface area (TPSA) is 95.6 Å². The number of aryl methyl sites for hydroxylation is 1. The van der Waals surface area contributed by atoms with Gasteiger partial charge in [-0.05, 0) is 19.1 Å². The van der Waals surface area contributed by atoms with E-state index in [2.05, 4.69) is 10.6 Å². The van der Waals surface area contributed by atoms with Crippen LogP contribution in [0.5, 0.6) is 0 Å². The first-order chi connectivity index (χ1) is 10.4. The summed E-state index contributed by atoms with van der Waals surface area (Å²) in [6.45, 7) is 2.03. The summed E-state index contributed by atoms with van der Waals surface area (Å²) < 4.78 is 0. The lowest BCUT2D eigenvalue weighted by Gasteiger charge is -2.14. The summed E-state index contributed by atoms with van der Waals surface area (Å²) in [5.74, 6) is -1.56. The summed E-state index contributed by atoms with van der Waals surface area (Å²) in [6, 6.07) is 5.09. The Morgan fingerprint density at radius 2 is 1.77 bits per heavy atom. The van der Waals surface area contributed by atoms with Crippen molar-refractivity contribution in [3.8, 4) is 0 Å². The van der Waals surface area contributed by atoms with E-state index in [-0.39, 0.29) is 31.3 Å². The number of imide groups is 1. The molecule has 7 heteroatoms. The first-order valence-electron chi connectivity index (χ1n) is 6.88. The van der Waals surface area contributed by atoms with E-state index in [9.17, 15) is 19.2 Å². The predicted octanol–water partition coefficient (Wildman–Crippen LogP) is -0.157. The van der Waals surface area contributed by atoms with Gasteiger partial charge in [0.1, 0.15) is 6.42 Å². The van der Waals surface area contributed by atoms with Gasteiger partial charge in [-0.15, -0.1) is 0 Å². The number of nitrogens with zero attached hydrogens (tertiary/aromatic N) is 1. The van der Waals surface area contributed by atoms with E-state index in [1.54, 1.807) is 18.2 Å². The van der Waals surface area contributed by atoms with Crippen LogP contribution < -0.4 is 10.6 Å². The van der Waals surface area contributed by atoms with Gasteiger partial charge in [-0.3, -0.25) is 24.1 Å². The lowest BCUT2D eigenvalue weighted by molar-refractivity contribution is -0.129. The lowest BCUT2D eigenvalue weighted by Crippen LogP contribution is -2.39. The van der Waals surface area contributed by atoms with E-state index in [0.29, 0.717) is 11.1 Å². The smallest absolute Gasteiger partial charge is 0.261 e. The minimum Gasteiger partial charge on any atom is -0.359 e. The largest absolute Gasteiger partial charge is 0.359 e. The van der Waals surface area contributed by atoms with Crippen molar-refractivity contribution in [2.75, 3.05) is 20.1 Å². The van der Waals surface area contributed by atoms with Crippen LogP contribution in [0.4, 0.5) is 0 Å². The molecule has 4 amide bonds. The van der Waals surface area contributed by atoms with Crippen LogP contribution >= 0.6 is 0 Å². The van der Waals surface area contributed by atoms with Crippen LogP contribution in [-0.4, -0.2) is 48.7 Å². The molecular formula is C15H17N3O4. The molecule has 0 aromatic heterocycles. The van der Waals surface area contributed by atoms with Gasteiger partial charge >= 0.3 is 0 Å². The molecular weight excluding hydrogens is 286 g/mol. The van der Waals surface area contributed by atoms with Crippen LogP contribution in [0.1, 0.15) is 32.7 Å². The Morgan fingerprint density at radius 3 is 2.45 bits per heavy atom. The summed E-state index contributed by atoms with van der Waals surface area (Å²) in [5, 5.41) is 4.85. The molecule has 1 aromatic carbocycles. The Balaban J connectivity index is 1.93. The number of hydrogen-bond acceptors (Lipinski definition) is 4. The monoisotopic (exact) mass is 303 g/mol. The molecule has 0 atom stereocenters. The van der Waals surface area contributed by atoms with E-state index in [1.165, 1.54) is 7.05 Å². The van der Waals surface area contributed by atoms with Gasteiger partial charge in [-0.1, -0.05) is 11.6 Å². The van der Waals surface area contributed by atoms with Gasteiger partial charge in [0.05, 0.1) is 11.1 Å². The molecule has 0 spiro atoms. The molecule has 0 fully saturated rings. The number of carbonyl (C=O) groups excluding carboxylic acids is 4. The quantitative estimate of drug-likeness (QED) is 0.584. The third kappa shape index (κ3) is 3.13. The Kier molecular flexibility index (Phi) is 4.55. The molecule has 1 aliphatic heterocycles. The maximum atomic E-state index is 12.2. The zero-order valence-electron chi connectivity index (χ0n) is 12.4. The molecule has 0 saturated carbocycles. The number of fused-ring (bicyclic) bond motifs is 1. The van der Waals surface area contributed by atoms with Crippen molar-refractivity contribution in [1.82, 2.24) is 15.5 Å². The Bertz CT molecular complexity index is 654. The predicted molar refractivity (Wildman–Crippen MR) is 78.2 cm³/mol. The van der Waals surface area contributed by atoms with Crippen LogP contribution in [-0.2, 0) is 9.59 Å². The zero-order valence-corrected chi connectivity index (χ0v) is 12.4. The number of carbonyl (C=O) groups is 4. The minimum atomic E-state index is -0.452. The fourth-order valence-electron chi connectivity index (χ4n) is 2.21. The number of rotatable bonds is 5. The standard InChI is InChI=1S/C15H17N3O4/c1-9-3-4-10-11(7-9)15(22)18(14(10)21)6-5-17-13(20)8-12(19)16-2/h3-4,7H,5-6,8H2,1-2H3,(H,16,19)(H,17,20). The number of benzene rings is 1. The number of nitrogens with one attached hydrogen (secondary N) is 2. The molecule has 2 rings (SSSR count). The van der Waals surface area contributed by atoms with Crippen LogP contribution in [0, 0.1) is 6.92 Å². The highest BCUT2D eigenvalue weighted by atomic mass is 16.2. The molecule has 7 nitrogen and oxygen atoms in total. The lowest BCUT2D eigenvalue weighted by atomic mass is 10.1. The number of amides is 4. The molecule has 0 unspecified atom stereocenters. The molecule has 1 aromatic rings. The van der Waals surface area contributed by atoms with Crippen LogP contribution in [0.15, 0.2) is 18.2 Å². The molecule has 0 bridgehead atoms. The van der Waals surface area contributed by atoms with Gasteiger partial charge in [0.2, 0.25) is 11.8 Å². The molecule has 0 aliphatic carbocycles. The summed E-state index contributed by atoms with van der Waals surface area (Å²) in [5.41, 5.74) is 1.68. The molecule has 0 radical (unpaired) electrons. The van der Waals surface area contributed by atoms with Gasteiger partial charge < -0.3 is 10.6 Å². The molecule has 2 N–H and O–H groups in total. The molecule has 116 valence electrons. The molecule has 1 aliphatic rings. The number of hydrogen-bond donors (Lipinski definition) is 2. The van der Waals surface area contributed by atoms with Crippen molar-refractivity contribution in [2.45, 2.75) is 13.3 Å². The second-order valence-electron chi connectivity index (χ2n) is 5.01. The Hall–Kier alpha value is -2.70. The first-order valence-corrected chi connectivity index (χ1v) is 6.88. The third-order valence-corrected chi connectivity index (χ3v) is 3.38. The van der Waals surface area contributed by atoms with Crippen LogP contribution in [0.3, 0.4) is 0 Å². The van der Waals surface area contributed by atoms with Gasteiger partial charge in [0.25, 0.3) is 11.8 Å². The molecule has 22 heavy (non-hydrogen) atoms. The molecule has 0 saturated heterocycles. The Morgan fingerprint density at radius 1 is 1.09 bits per heavy atom. The van der Waals surface area contributed by atoms with Crippen molar-refractivity contribution in [3.63, 3.8) is 0 Å². The van der Waals surface area contributed by atoms with Crippen molar-refractivity contribution >= 4 is 23.6 Å². The van der Waals surface area contributed by atoms with E-state index >= 15 is 0 Å².